The van der Waals surface area contributed by atoms with Crippen molar-refractivity contribution in [1.82, 2.24) is 20.4 Å². The zero-order chi connectivity index (χ0) is 23.1. The molecule has 33 heavy (non-hydrogen) atoms. The molecule has 3 aromatic rings. The van der Waals surface area contributed by atoms with Gasteiger partial charge in [0, 0.05) is 41.8 Å². The van der Waals surface area contributed by atoms with Crippen molar-refractivity contribution in [3.05, 3.63) is 57.6 Å². The lowest BCUT2D eigenvalue weighted by Crippen LogP contribution is -2.47. The second-order valence-electron chi connectivity index (χ2n) is 8.87. The van der Waals surface area contributed by atoms with Crippen LogP contribution in [0.3, 0.4) is 0 Å². The molecule has 174 valence electrons. The molecule has 1 saturated carbocycles. The molecule has 1 aliphatic carbocycles. The largest absolute Gasteiger partial charge is 0.376 e. The molecule has 1 N–H and O–H groups in total. The summed E-state index contributed by atoms with van der Waals surface area (Å²) in [6.45, 7) is 5.75. The van der Waals surface area contributed by atoms with Gasteiger partial charge < -0.3 is 14.6 Å². The number of morpholine rings is 1. The third-order valence-electron chi connectivity index (χ3n) is 6.31. The van der Waals surface area contributed by atoms with Crippen LogP contribution in [-0.4, -0.2) is 53.3 Å². The highest BCUT2D eigenvalue weighted by Crippen LogP contribution is 2.43. The van der Waals surface area contributed by atoms with Gasteiger partial charge in [-0.25, -0.2) is 9.37 Å². The molecule has 5 rings (SSSR count). The van der Waals surface area contributed by atoms with Gasteiger partial charge in [0.25, 0.3) is 11.6 Å². The molecule has 0 spiro atoms. The van der Waals surface area contributed by atoms with Gasteiger partial charge in [0.2, 0.25) is 0 Å². The average Bonchev–Trinajstić information content (AvgIpc) is 3.54. The van der Waals surface area contributed by atoms with E-state index in [1.165, 1.54) is 6.07 Å². The topological polar surface area (TPSA) is 80.5 Å². The summed E-state index contributed by atoms with van der Waals surface area (Å²) in [5, 5.41) is 8.20. The fourth-order valence-corrected chi connectivity index (χ4v) is 4.86. The number of aryl methyl sites for hydroxylation is 1. The minimum atomic E-state index is -0.433. The Morgan fingerprint density at radius 2 is 2.21 bits per heavy atom. The number of rotatable bonds is 6. The maximum absolute atomic E-state index is 14.9. The van der Waals surface area contributed by atoms with Gasteiger partial charge >= 0.3 is 0 Å². The number of carbonyl (C=O) groups is 1. The fraction of sp³-hybridized carbons (Fsp3) is 0.458. The number of hydrogen-bond acceptors (Lipinski definition) is 6. The number of hydrogen-bond donors (Lipinski definition) is 1. The van der Waals surface area contributed by atoms with Gasteiger partial charge in [-0.05, 0) is 44.9 Å². The second kappa shape index (κ2) is 9.00. The van der Waals surface area contributed by atoms with Crippen molar-refractivity contribution in [3.8, 4) is 0 Å². The molecule has 2 atom stereocenters. The molecule has 0 bridgehead atoms. The van der Waals surface area contributed by atoms with Crippen molar-refractivity contribution in [2.24, 2.45) is 0 Å². The van der Waals surface area contributed by atoms with E-state index in [1.807, 2.05) is 13.8 Å². The van der Waals surface area contributed by atoms with Crippen LogP contribution in [0.25, 0.3) is 11.1 Å². The molecule has 1 saturated heterocycles. The first kappa shape index (κ1) is 22.3. The lowest BCUT2D eigenvalue weighted by Gasteiger charge is -2.38. The molecule has 7 nitrogen and oxygen atoms in total. The average molecular weight is 473 g/mol. The number of amides is 1. The van der Waals surface area contributed by atoms with Gasteiger partial charge in [0.05, 0.1) is 35.4 Å². The summed E-state index contributed by atoms with van der Waals surface area (Å²) in [5.74, 6) is -0.352. The van der Waals surface area contributed by atoms with Crippen molar-refractivity contribution < 1.29 is 18.4 Å². The lowest BCUT2D eigenvalue weighted by molar-refractivity contribution is -0.0346. The Hall–Kier alpha value is -2.55. The fourth-order valence-electron chi connectivity index (χ4n) is 4.57. The first-order valence-corrected chi connectivity index (χ1v) is 11.6. The Kier molecular flexibility index (Phi) is 6.07. The summed E-state index contributed by atoms with van der Waals surface area (Å²) in [6, 6.07) is 5.98. The second-order valence-corrected chi connectivity index (χ2v) is 9.28. The zero-order valence-corrected chi connectivity index (χ0v) is 19.4. The molecule has 1 aromatic carbocycles. The monoisotopic (exact) mass is 472 g/mol. The maximum atomic E-state index is 14.9. The van der Waals surface area contributed by atoms with Crippen LogP contribution in [0.2, 0.25) is 5.02 Å². The summed E-state index contributed by atoms with van der Waals surface area (Å²) in [7, 11) is 0. The normalized spacial score (nSPS) is 20.2. The van der Waals surface area contributed by atoms with Crippen molar-refractivity contribution in [3.63, 3.8) is 0 Å². The van der Waals surface area contributed by atoms with E-state index in [2.05, 4.69) is 20.4 Å². The summed E-state index contributed by atoms with van der Waals surface area (Å²) < 4.78 is 26.0. The number of benzene rings is 1. The van der Waals surface area contributed by atoms with E-state index in [1.54, 1.807) is 18.2 Å². The number of aromatic nitrogens is 2. The number of carbonyl (C=O) groups excluding carboxylic acids is 1. The van der Waals surface area contributed by atoms with E-state index in [9.17, 15) is 9.18 Å². The van der Waals surface area contributed by atoms with Gasteiger partial charge in [-0.1, -0.05) is 22.8 Å². The predicted octanol–water partition coefficient (Wildman–Crippen LogP) is 4.39. The third kappa shape index (κ3) is 4.47. The van der Waals surface area contributed by atoms with Gasteiger partial charge in [0.1, 0.15) is 5.82 Å². The van der Waals surface area contributed by atoms with E-state index in [4.69, 9.17) is 20.9 Å². The molecule has 2 aromatic heterocycles. The van der Waals surface area contributed by atoms with Crippen LogP contribution in [0, 0.1) is 12.7 Å². The van der Waals surface area contributed by atoms with Crippen LogP contribution in [0.15, 0.2) is 28.8 Å². The Labute approximate surface area is 196 Å². The SMILES string of the molecule is Cc1cc(C(=O)NCC(c2c(F)cccc2Cl)N2CCOC(C)C2)c2c(C3CC3)noc2n1. The van der Waals surface area contributed by atoms with Crippen LogP contribution in [0.1, 0.15) is 59.0 Å². The molecular weight excluding hydrogens is 447 g/mol. The van der Waals surface area contributed by atoms with E-state index in [0.29, 0.717) is 58.6 Å². The molecule has 2 fully saturated rings. The predicted molar refractivity (Wildman–Crippen MR) is 122 cm³/mol. The summed E-state index contributed by atoms with van der Waals surface area (Å²) in [6.07, 6.45) is 2.06. The summed E-state index contributed by atoms with van der Waals surface area (Å²) in [5.41, 5.74) is 2.69. The highest BCUT2D eigenvalue weighted by atomic mass is 35.5. The van der Waals surface area contributed by atoms with Gasteiger partial charge in [-0.15, -0.1) is 0 Å². The highest BCUT2D eigenvalue weighted by molar-refractivity contribution is 6.31. The molecule has 3 heterocycles. The molecular formula is C24H26ClFN4O3. The van der Waals surface area contributed by atoms with Gasteiger partial charge in [-0.3, -0.25) is 9.69 Å². The van der Waals surface area contributed by atoms with Crippen molar-refractivity contribution in [2.75, 3.05) is 26.2 Å². The highest BCUT2D eigenvalue weighted by Gasteiger charge is 2.33. The van der Waals surface area contributed by atoms with Crippen LogP contribution in [-0.2, 0) is 4.74 Å². The Morgan fingerprint density at radius 1 is 1.39 bits per heavy atom. The Bertz CT molecular complexity index is 1180. The molecule has 0 radical (unpaired) electrons. The number of halogens is 2. The van der Waals surface area contributed by atoms with Gasteiger partial charge in [-0.2, -0.15) is 0 Å². The number of nitrogens with zero attached hydrogens (tertiary/aromatic N) is 3. The van der Waals surface area contributed by atoms with Crippen LogP contribution in [0.5, 0.6) is 0 Å². The van der Waals surface area contributed by atoms with Crippen LogP contribution >= 0.6 is 11.6 Å². The van der Waals surface area contributed by atoms with Crippen molar-refractivity contribution >= 4 is 28.6 Å². The molecule has 9 heteroatoms. The number of ether oxygens (including phenoxy) is 1. The quantitative estimate of drug-likeness (QED) is 0.573. The first-order valence-electron chi connectivity index (χ1n) is 11.3. The molecule has 1 amide bonds. The van der Waals surface area contributed by atoms with E-state index >= 15 is 0 Å². The number of pyridine rings is 1. The van der Waals surface area contributed by atoms with E-state index in [-0.39, 0.29) is 18.6 Å². The maximum Gasteiger partial charge on any atom is 0.259 e. The number of fused-ring (bicyclic) bond motifs is 1. The van der Waals surface area contributed by atoms with Crippen molar-refractivity contribution in [2.45, 2.75) is 44.8 Å². The van der Waals surface area contributed by atoms with Crippen molar-refractivity contribution in [1.29, 1.82) is 0 Å². The summed E-state index contributed by atoms with van der Waals surface area (Å²) in [4.78, 5) is 19.9. The Balaban J connectivity index is 1.45. The standard InChI is InChI=1S/C24H26ClFN4O3/c1-13-10-16(20-22(15-6-7-15)29-33-24(20)28-13)23(31)27-11-19(30-8-9-32-14(2)12-30)21-17(25)4-3-5-18(21)26/h3-5,10,14-15,19H,6-9,11-12H2,1-2H3,(H,27,31). The third-order valence-corrected chi connectivity index (χ3v) is 6.64. The summed E-state index contributed by atoms with van der Waals surface area (Å²) >= 11 is 6.42. The minimum Gasteiger partial charge on any atom is -0.376 e. The first-order chi connectivity index (χ1) is 15.9. The number of nitrogens with one attached hydrogen (secondary N) is 1. The minimum absolute atomic E-state index is 0.00285. The molecule has 2 unspecified atom stereocenters. The lowest BCUT2D eigenvalue weighted by atomic mass is 10.0. The zero-order valence-electron chi connectivity index (χ0n) is 18.6. The van der Waals surface area contributed by atoms with E-state index < -0.39 is 11.9 Å². The van der Waals surface area contributed by atoms with E-state index in [0.717, 1.165) is 18.5 Å². The smallest absolute Gasteiger partial charge is 0.259 e. The van der Waals surface area contributed by atoms with Crippen LogP contribution < -0.4 is 5.32 Å². The Morgan fingerprint density at radius 3 is 2.94 bits per heavy atom. The van der Waals surface area contributed by atoms with Crippen LogP contribution in [0.4, 0.5) is 4.39 Å². The van der Waals surface area contributed by atoms with Gasteiger partial charge in [0.15, 0.2) is 0 Å². The molecule has 2 aliphatic rings. The molecule has 1 aliphatic heterocycles.